The Hall–Kier alpha value is -0.650. The Balaban J connectivity index is 2.43. The number of rotatable bonds is 7. The lowest BCUT2D eigenvalue weighted by atomic mass is 10.1. The first-order valence-electron chi connectivity index (χ1n) is 5.87. The topological polar surface area (TPSA) is 32.3 Å². The van der Waals surface area contributed by atoms with Gasteiger partial charge in [-0.15, -0.1) is 0 Å². The number of nitrogens with one attached hydrogen (secondary N) is 1. The maximum Gasteiger partial charge on any atom is 0.131 e. The molecule has 2 N–H and O–H groups in total. The highest BCUT2D eigenvalue weighted by molar-refractivity contribution is 7.98. The molecule has 0 amide bonds. The summed E-state index contributed by atoms with van der Waals surface area (Å²) in [5.74, 6) is 0.185. The molecule has 0 heterocycles. The smallest absolute Gasteiger partial charge is 0.131 e. The number of thioether (sulfide) groups is 1. The second-order valence-corrected chi connectivity index (χ2v) is 5.31. The van der Waals surface area contributed by atoms with Crippen LogP contribution in [-0.2, 0) is 0 Å². The first-order chi connectivity index (χ1) is 8.54. The highest BCUT2D eigenvalue weighted by Gasteiger charge is 2.13. The Labute approximate surface area is 111 Å². The Morgan fingerprint density at radius 1 is 1.33 bits per heavy atom. The second kappa shape index (κ2) is 7.71. The summed E-state index contributed by atoms with van der Waals surface area (Å²) in [6.07, 6.45) is 1.09. The molecule has 0 saturated heterocycles. The van der Waals surface area contributed by atoms with Crippen molar-refractivity contribution in [1.29, 1.82) is 0 Å². The third-order valence-corrected chi connectivity index (χ3v) is 3.51. The van der Waals surface area contributed by atoms with Gasteiger partial charge in [0.2, 0.25) is 0 Å². The largest absolute Gasteiger partial charge is 0.387 e. The Bertz CT molecular complexity index is 376. The maximum atomic E-state index is 13.4. The average molecular weight is 275 g/mol. The van der Waals surface area contributed by atoms with E-state index in [9.17, 15) is 13.9 Å². The normalized spacial score (nSPS) is 14.5. The van der Waals surface area contributed by atoms with E-state index in [-0.39, 0.29) is 12.1 Å². The minimum Gasteiger partial charge on any atom is -0.387 e. The fourth-order valence-electron chi connectivity index (χ4n) is 1.69. The monoisotopic (exact) mass is 275 g/mol. The molecule has 18 heavy (non-hydrogen) atoms. The zero-order valence-electron chi connectivity index (χ0n) is 10.6. The third kappa shape index (κ3) is 4.92. The summed E-state index contributed by atoms with van der Waals surface area (Å²) >= 11 is 1.76. The van der Waals surface area contributed by atoms with Crippen LogP contribution in [0.25, 0.3) is 0 Å². The highest BCUT2D eigenvalue weighted by Crippen LogP contribution is 2.17. The SMILES string of the molecule is CSCC(C)CNCC(O)c1ccc(F)cc1F. The van der Waals surface area contributed by atoms with Crippen LogP contribution >= 0.6 is 11.8 Å². The van der Waals surface area contributed by atoms with Crippen LogP contribution in [0.2, 0.25) is 0 Å². The Kier molecular flexibility index (Phi) is 6.60. The van der Waals surface area contributed by atoms with Crippen molar-refractivity contribution in [2.75, 3.05) is 25.1 Å². The van der Waals surface area contributed by atoms with Gasteiger partial charge in [0.05, 0.1) is 6.10 Å². The summed E-state index contributed by atoms with van der Waals surface area (Å²) in [5.41, 5.74) is 0.126. The molecule has 2 atom stereocenters. The zero-order chi connectivity index (χ0) is 13.5. The summed E-state index contributed by atoms with van der Waals surface area (Å²) in [6.45, 7) is 3.14. The van der Waals surface area contributed by atoms with E-state index in [0.717, 1.165) is 24.4 Å². The molecule has 0 bridgehead atoms. The molecular formula is C13H19F2NOS. The van der Waals surface area contributed by atoms with Gasteiger partial charge in [0.15, 0.2) is 0 Å². The van der Waals surface area contributed by atoms with Gasteiger partial charge in [-0.25, -0.2) is 8.78 Å². The van der Waals surface area contributed by atoms with Gasteiger partial charge in [-0.05, 0) is 30.5 Å². The lowest BCUT2D eigenvalue weighted by Crippen LogP contribution is -2.27. The predicted molar refractivity (Wildman–Crippen MR) is 71.7 cm³/mol. The lowest BCUT2D eigenvalue weighted by Gasteiger charge is -2.15. The molecule has 0 aliphatic heterocycles. The Morgan fingerprint density at radius 2 is 2.06 bits per heavy atom. The average Bonchev–Trinajstić information content (AvgIpc) is 2.29. The van der Waals surface area contributed by atoms with Gasteiger partial charge in [-0.2, -0.15) is 11.8 Å². The molecule has 2 nitrogen and oxygen atoms in total. The van der Waals surface area contributed by atoms with E-state index in [0.29, 0.717) is 5.92 Å². The van der Waals surface area contributed by atoms with E-state index in [4.69, 9.17) is 0 Å². The van der Waals surface area contributed by atoms with Gasteiger partial charge in [0.1, 0.15) is 11.6 Å². The number of aliphatic hydroxyl groups is 1. The minimum absolute atomic E-state index is 0.126. The van der Waals surface area contributed by atoms with Gasteiger partial charge in [0, 0.05) is 18.2 Å². The molecule has 2 unspecified atom stereocenters. The van der Waals surface area contributed by atoms with Gasteiger partial charge in [0.25, 0.3) is 0 Å². The molecule has 0 aromatic heterocycles. The second-order valence-electron chi connectivity index (χ2n) is 4.40. The van der Waals surface area contributed by atoms with Crippen LogP contribution in [0.15, 0.2) is 18.2 Å². The van der Waals surface area contributed by atoms with Crippen LogP contribution in [-0.4, -0.2) is 30.2 Å². The van der Waals surface area contributed by atoms with Crippen LogP contribution < -0.4 is 5.32 Å². The van der Waals surface area contributed by atoms with Crippen molar-refractivity contribution in [2.45, 2.75) is 13.0 Å². The summed E-state index contributed by atoms with van der Waals surface area (Å²) in [5, 5.41) is 12.9. The number of benzene rings is 1. The standard InChI is InChI=1S/C13H19F2NOS/c1-9(8-18-2)6-16-7-13(17)11-4-3-10(14)5-12(11)15/h3-5,9,13,16-17H,6-8H2,1-2H3. The molecule has 1 aromatic carbocycles. The van der Waals surface area contributed by atoms with Crippen molar-refractivity contribution < 1.29 is 13.9 Å². The van der Waals surface area contributed by atoms with Gasteiger partial charge in [-0.1, -0.05) is 13.0 Å². The van der Waals surface area contributed by atoms with Crippen molar-refractivity contribution in [3.8, 4) is 0 Å². The van der Waals surface area contributed by atoms with E-state index in [1.165, 1.54) is 6.07 Å². The molecule has 0 fully saturated rings. The molecule has 0 spiro atoms. The Morgan fingerprint density at radius 3 is 2.67 bits per heavy atom. The number of halogens is 2. The van der Waals surface area contributed by atoms with Gasteiger partial charge >= 0.3 is 0 Å². The molecular weight excluding hydrogens is 256 g/mol. The molecule has 102 valence electrons. The fraction of sp³-hybridized carbons (Fsp3) is 0.538. The summed E-state index contributed by atoms with van der Waals surface area (Å²) in [6, 6.07) is 3.22. The van der Waals surface area contributed by atoms with Crippen molar-refractivity contribution in [3.63, 3.8) is 0 Å². The lowest BCUT2D eigenvalue weighted by molar-refractivity contribution is 0.169. The molecule has 1 rings (SSSR count). The minimum atomic E-state index is -0.952. The molecule has 0 radical (unpaired) electrons. The molecule has 5 heteroatoms. The first kappa shape index (κ1) is 15.4. The van der Waals surface area contributed by atoms with Crippen molar-refractivity contribution in [2.24, 2.45) is 5.92 Å². The van der Waals surface area contributed by atoms with Crippen molar-refractivity contribution in [1.82, 2.24) is 5.32 Å². The van der Waals surface area contributed by atoms with Gasteiger partial charge < -0.3 is 10.4 Å². The van der Waals surface area contributed by atoms with E-state index in [1.807, 2.05) is 6.26 Å². The maximum absolute atomic E-state index is 13.4. The van der Waals surface area contributed by atoms with Crippen LogP contribution in [0.4, 0.5) is 8.78 Å². The quantitative estimate of drug-likeness (QED) is 0.802. The summed E-state index contributed by atoms with van der Waals surface area (Å²) < 4.78 is 26.1. The van der Waals surface area contributed by atoms with E-state index in [1.54, 1.807) is 11.8 Å². The molecule has 0 aliphatic carbocycles. The summed E-state index contributed by atoms with van der Waals surface area (Å²) in [4.78, 5) is 0. The van der Waals surface area contributed by atoms with Crippen LogP contribution in [0.5, 0.6) is 0 Å². The van der Waals surface area contributed by atoms with Crippen LogP contribution in [0, 0.1) is 17.6 Å². The highest BCUT2D eigenvalue weighted by atomic mass is 32.2. The summed E-state index contributed by atoms with van der Waals surface area (Å²) in [7, 11) is 0. The molecule has 0 saturated carbocycles. The third-order valence-electron chi connectivity index (χ3n) is 2.60. The molecule has 0 aliphatic rings. The van der Waals surface area contributed by atoms with Gasteiger partial charge in [-0.3, -0.25) is 0 Å². The van der Waals surface area contributed by atoms with Crippen molar-refractivity contribution in [3.05, 3.63) is 35.4 Å². The van der Waals surface area contributed by atoms with E-state index in [2.05, 4.69) is 12.2 Å². The van der Waals surface area contributed by atoms with Crippen LogP contribution in [0.3, 0.4) is 0 Å². The number of hydrogen-bond acceptors (Lipinski definition) is 3. The van der Waals surface area contributed by atoms with E-state index >= 15 is 0 Å². The van der Waals surface area contributed by atoms with Crippen LogP contribution in [0.1, 0.15) is 18.6 Å². The van der Waals surface area contributed by atoms with Crippen molar-refractivity contribution >= 4 is 11.8 Å². The zero-order valence-corrected chi connectivity index (χ0v) is 11.4. The number of hydrogen-bond donors (Lipinski definition) is 2. The first-order valence-corrected chi connectivity index (χ1v) is 7.26. The molecule has 1 aromatic rings. The fourth-order valence-corrected chi connectivity index (χ4v) is 2.38. The predicted octanol–water partition coefficient (Wildman–Crippen LogP) is 2.59. The number of aliphatic hydroxyl groups excluding tert-OH is 1. The van der Waals surface area contributed by atoms with E-state index < -0.39 is 17.7 Å².